The molecule has 4 aromatic rings. The molecule has 1 aromatic heterocycles. The van der Waals surface area contributed by atoms with Crippen molar-refractivity contribution in [1.82, 2.24) is 0 Å². The van der Waals surface area contributed by atoms with Gasteiger partial charge in [0.05, 0.1) is 17.8 Å². The van der Waals surface area contributed by atoms with Gasteiger partial charge in [-0.2, -0.15) is 4.57 Å². The second-order valence-electron chi connectivity index (χ2n) is 8.88. The van der Waals surface area contributed by atoms with Gasteiger partial charge in [-0.25, -0.2) is 0 Å². The summed E-state index contributed by atoms with van der Waals surface area (Å²) in [6.07, 6.45) is 6.85. The highest BCUT2D eigenvalue weighted by Crippen LogP contribution is 2.47. The fraction of sp³-hybridized carbons (Fsp3) is 0.258. The lowest BCUT2D eigenvalue weighted by Gasteiger charge is -2.18. The molecule has 0 saturated heterocycles. The number of anilines is 1. The number of aryl methyl sites for hydroxylation is 1. The molecule has 5 heteroatoms. The summed E-state index contributed by atoms with van der Waals surface area (Å²) in [6.45, 7) is 8.66. The molecule has 36 heavy (non-hydrogen) atoms. The van der Waals surface area contributed by atoms with E-state index < -0.39 is 0 Å². The smallest absolute Gasteiger partial charge is 0.263 e. The van der Waals surface area contributed by atoms with E-state index in [2.05, 4.69) is 103 Å². The maximum absolute atomic E-state index is 5.48. The van der Waals surface area contributed by atoms with Crippen LogP contribution in [-0.2, 0) is 6.54 Å². The quantitative estimate of drug-likeness (QED) is 0.220. The Bertz CT molecular complexity index is 1440. The molecule has 3 aromatic carbocycles. The first kappa shape index (κ1) is 24.7. The van der Waals surface area contributed by atoms with Crippen molar-refractivity contribution < 1.29 is 9.30 Å². The van der Waals surface area contributed by atoms with Crippen molar-refractivity contribution >= 4 is 45.1 Å². The Labute approximate surface area is 222 Å². The van der Waals surface area contributed by atoms with Crippen LogP contribution in [0.15, 0.2) is 88.3 Å². The second kappa shape index (κ2) is 10.9. The highest BCUT2D eigenvalue weighted by atomic mass is 32.2. The lowest BCUT2D eigenvalue weighted by atomic mass is 10.1. The third-order valence-corrected chi connectivity index (χ3v) is 8.79. The number of ether oxygens (including phenoxy) is 1. The first-order valence-corrected chi connectivity index (χ1v) is 14.4. The molecule has 0 aliphatic carbocycles. The second-order valence-corrected chi connectivity index (χ2v) is 11.0. The Kier molecular flexibility index (Phi) is 7.49. The summed E-state index contributed by atoms with van der Waals surface area (Å²) in [4.78, 5) is 3.68. The molecule has 0 radical (unpaired) electrons. The van der Waals surface area contributed by atoms with E-state index in [1.807, 2.05) is 29.2 Å². The largest absolute Gasteiger partial charge is 0.497 e. The zero-order chi connectivity index (χ0) is 25.1. The lowest BCUT2D eigenvalue weighted by Crippen LogP contribution is -2.34. The minimum atomic E-state index is 0.904. The van der Waals surface area contributed by atoms with E-state index >= 15 is 0 Å². The van der Waals surface area contributed by atoms with Crippen LogP contribution in [0.5, 0.6) is 5.75 Å². The van der Waals surface area contributed by atoms with Crippen LogP contribution in [-0.4, -0.2) is 13.7 Å². The molecule has 1 aliphatic heterocycles. The highest BCUT2D eigenvalue weighted by molar-refractivity contribution is 8.03. The summed E-state index contributed by atoms with van der Waals surface area (Å²) in [6, 6.07) is 23.9. The van der Waals surface area contributed by atoms with E-state index in [0.29, 0.717) is 0 Å². The zero-order valence-electron chi connectivity index (χ0n) is 21.5. The van der Waals surface area contributed by atoms with Crippen molar-refractivity contribution in [2.75, 3.05) is 18.6 Å². The molecule has 2 heterocycles. The Morgan fingerprint density at radius 2 is 1.81 bits per heavy atom. The average molecular weight is 514 g/mol. The molecule has 0 spiro atoms. The number of thiazole rings is 1. The number of fused-ring (bicyclic) bond motifs is 2. The predicted molar refractivity (Wildman–Crippen MR) is 156 cm³/mol. The highest BCUT2D eigenvalue weighted by Gasteiger charge is 2.25. The Hall–Kier alpha value is -3.02. The van der Waals surface area contributed by atoms with Crippen LogP contribution in [0.4, 0.5) is 5.69 Å². The van der Waals surface area contributed by atoms with Crippen LogP contribution in [0.25, 0.3) is 27.4 Å². The SMILES string of the molecule is CCC[n+]1c(C=C(C=C2Sc3ccc(OC)cc3N2CC)CC)sc2ccc(-c3ccccc3)cc21. The molecule has 0 amide bonds. The van der Waals surface area contributed by atoms with E-state index in [-0.39, 0.29) is 0 Å². The number of thioether (sulfide) groups is 1. The molecule has 5 rings (SSSR count). The standard InChI is InChI=1S/C31H33N2OS2/c1-5-17-33-26-20-24(23-11-9-8-10-12-23)13-15-28(26)36-31(33)19-22(6-2)18-30-32(7-3)27-21-25(34-4)14-16-29(27)35-30/h8-16,18-21H,5-7,17H2,1-4H3/q+1. The van der Waals surface area contributed by atoms with Crippen LogP contribution in [0.1, 0.15) is 38.6 Å². The molecule has 0 N–H and O–H groups in total. The summed E-state index contributed by atoms with van der Waals surface area (Å²) in [5.41, 5.74) is 6.44. The Morgan fingerprint density at radius 1 is 0.972 bits per heavy atom. The van der Waals surface area contributed by atoms with Crippen molar-refractivity contribution in [3.8, 4) is 16.9 Å². The average Bonchev–Trinajstić information content (AvgIpc) is 3.44. The van der Waals surface area contributed by atoms with Gasteiger partial charge < -0.3 is 9.64 Å². The fourth-order valence-corrected chi connectivity index (χ4v) is 7.01. The molecule has 184 valence electrons. The molecular formula is C31H33N2OS2+. The molecule has 0 fully saturated rings. The van der Waals surface area contributed by atoms with Crippen LogP contribution in [0.3, 0.4) is 0 Å². The van der Waals surface area contributed by atoms with Gasteiger partial charge in [-0.05, 0) is 54.3 Å². The van der Waals surface area contributed by atoms with Gasteiger partial charge in [0.25, 0.3) is 5.01 Å². The maximum Gasteiger partial charge on any atom is 0.263 e. The van der Waals surface area contributed by atoms with Gasteiger partial charge in [0.2, 0.25) is 5.52 Å². The normalized spacial score (nSPS) is 14.6. The summed E-state index contributed by atoms with van der Waals surface area (Å²) in [5, 5.41) is 2.60. The monoisotopic (exact) mass is 513 g/mol. The van der Waals surface area contributed by atoms with Gasteiger partial charge in [-0.3, -0.25) is 0 Å². The number of rotatable bonds is 8. The topological polar surface area (TPSA) is 16.4 Å². The van der Waals surface area contributed by atoms with Crippen LogP contribution < -0.4 is 14.2 Å². The number of hydrogen-bond donors (Lipinski definition) is 0. The van der Waals surface area contributed by atoms with Crippen molar-refractivity contribution in [3.05, 3.63) is 88.4 Å². The molecule has 0 atom stereocenters. The summed E-state index contributed by atoms with van der Waals surface area (Å²) in [5.74, 6) is 0.904. The van der Waals surface area contributed by atoms with E-state index in [9.17, 15) is 0 Å². The minimum Gasteiger partial charge on any atom is -0.497 e. The van der Waals surface area contributed by atoms with E-state index in [4.69, 9.17) is 4.74 Å². The summed E-state index contributed by atoms with van der Waals surface area (Å²) in [7, 11) is 1.73. The molecule has 1 aliphatic rings. The number of allylic oxidation sites excluding steroid dienone is 2. The molecule has 0 saturated carbocycles. The maximum atomic E-state index is 5.48. The van der Waals surface area contributed by atoms with Crippen molar-refractivity contribution in [2.24, 2.45) is 0 Å². The Morgan fingerprint density at radius 3 is 2.53 bits per heavy atom. The van der Waals surface area contributed by atoms with Crippen molar-refractivity contribution in [2.45, 2.75) is 45.1 Å². The third kappa shape index (κ3) is 4.82. The van der Waals surface area contributed by atoms with Gasteiger partial charge >= 0.3 is 0 Å². The van der Waals surface area contributed by atoms with Crippen molar-refractivity contribution in [3.63, 3.8) is 0 Å². The van der Waals surface area contributed by atoms with Crippen molar-refractivity contribution in [1.29, 1.82) is 0 Å². The van der Waals surface area contributed by atoms with E-state index in [1.54, 1.807) is 7.11 Å². The van der Waals surface area contributed by atoms with Gasteiger partial charge in [-0.1, -0.05) is 73.3 Å². The first-order chi connectivity index (χ1) is 17.6. The first-order valence-electron chi connectivity index (χ1n) is 12.7. The number of nitrogens with zero attached hydrogens (tertiary/aromatic N) is 2. The zero-order valence-corrected chi connectivity index (χ0v) is 23.1. The molecule has 0 unspecified atom stereocenters. The fourth-order valence-electron chi connectivity index (χ4n) is 4.68. The van der Waals surface area contributed by atoms with E-state index in [1.165, 1.54) is 47.5 Å². The van der Waals surface area contributed by atoms with Crippen LogP contribution >= 0.6 is 23.1 Å². The van der Waals surface area contributed by atoms with Gasteiger partial charge in [-0.15, -0.1) is 0 Å². The summed E-state index contributed by atoms with van der Waals surface area (Å²) < 4.78 is 9.32. The number of methoxy groups -OCH3 is 1. The predicted octanol–water partition coefficient (Wildman–Crippen LogP) is 8.54. The minimum absolute atomic E-state index is 0.904. The van der Waals surface area contributed by atoms with Crippen LogP contribution in [0.2, 0.25) is 0 Å². The van der Waals surface area contributed by atoms with Crippen LogP contribution in [0, 0.1) is 0 Å². The van der Waals surface area contributed by atoms with Gasteiger partial charge in [0.1, 0.15) is 17.0 Å². The number of aromatic nitrogens is 1. The van der Waals surface area contributed by atoms with Gasteiger partial charge in [0.15, 0.2) is 0 Å². The third-order valence-electron chi connectivity index (χ3n) is 6.56. The molecule has 0 bridgehead atoms. The van der Waals surface area contributed by atoms with E-state index in [0.717, 1.165) is 31.7 Å². The lowest BCUT2D eigenvalue weighted by molar-refractivity contribution is -0.668. The van der Waals surface area contributed by atoms with Gasteiger partial charge in [0, 0.05) is 36.1 Å². The molecular weight excluding hydrogens is 480 g/mol. The molecule has 3 nitrogen and oxygen atoms in total. The number of benzene rings is 3. The number of hydrogen-bond acceptors (Lipinski definition) is 4. The Balaban J connectivity index is 1.54. The summed E-state index contributed by atoms with van der Waals surface area (Å²) >= 11 is 3.74.